The van der Waals surface area contributed by atoms with Crippen LogP contribution in [0.3, 0.4) is 0 Å². The van der Waals surface area contributed by atoms with Crippen molar-refractivity contribution in [1.82, 2.24) is 19.6 Å². The molecule has 0 saturated carbocycles. The number of aryl methyl sites for hydroxylation is 1. The van der Waals surface area contributed by atoms with Gasteiger partial charge in [0.05, 0.1) is 21.8 Å². The topological polar surface area (TPSA) is 49.6 Å². The Labute approximate surface area is 187 Å². The summed E-state index contributed by atoms with van der Waals surface area (Å²) in [5.74, 6) is 0.0178. The average molecular weight is 433 g/mol. The fourth-order valence-electron chi connectivity index (χ4n) is 4.61. The normalized spacial score (nSPS) is 18.7. The molecule has 31 heavy (non-hydrogen) atoms. The second kappa shape index (κ2) is 9.28. The molecule has 1 unspecified atom stereocenters. The van der Waals surface area contributed by atoms with Gasteiger partial charge in [0.15, 0.2) is 0 Å². The van der Waals surface area contributed by atoms with Crippen molar-refractivity contribution in [3.63, 3.8) is 0 Å². The van der Waals surface area contributed by atoms with E-state index in [1.165, 1.54) is 30.2 Å². The molecule has 160 valence electrons. The summed E-state index contributed by atoms with van der Waals surface area (Å²) in [6, 6.07) is 17.1. The molecule has 0 aliphatic carbocycles. The van der Waals surface area contributed by atoms with Crippen LogP contribution in [0.15, 0.2) is 64.7 Å². The molecule has 1 saturated heterocycles. The number of likely N-dealkylation sites (tertiary alicyclic amines) is 1. The van der Waals surface area contributed by atoms with Crippen LogP contribution in [0.25, 0.3) is 11.7 Å². The molecule has 5 rings (SSSR count). The Kier molecular flexibility index (Phi) is 6.09. The number of aromatic nitrogens is 2. The van der Waals surface area contributed by atoms with E-state index in [9.17, 15) is 4.79 Å². The maximum atomic E-state index is 12.9. The molecule has 1 amide bonds. The Balaban J connectivity index is 1.17. The first kappa shape index (κ1) is 20.3. The predicted molar refractivity (Wildman–Crippen MR) is 126 cm³/mol. The number of carbonyl (C=O) groups excluding carboxylic acids is 1. The van der Waals surface area contributed by atoms with Gasteiger partial charge in [-0.2, -0.15) is 0 Å². The summed E-state index contributed by atoms with van der Waals surface area (Å²) in [5, 5.41) is 4.26. The zero-order valence-corrected chi connectivity index (χ0v) is 18.5. The van der Waals surface area contributed by atoms with Crippen LogP contribution < -0.4 is 5.32 Å². The lowest BCUT2D eigenvalue weighted by molar-refractivity contribution is -0.117. The van der Waals surface area contributed by atoms with Gasteiger partial charge in [-0.1, -0.05) is 54.6 Å². The second-order valence-electron chi connectivity index (χ2n) is 8.34. The number of benzene rings is 1. The number of nitrogens with one attached hydrogen (secondary N) is 1. The average Bonchev–Trinajstić information content (AvgIpc) is 3.23. The molecule has 2 aromatic heterocycles. The first-order valence-electron chi connectivity index (χ1n) is 11.2. The summed E-state index contributed by atoms with van der Waals surface area (Å²) >= 11 is 1.52. The highest BCUT2D eigenvalue weighted by molar-refractivity contribution is 8.04. The van der Waals surface area contributed by atoms with E-state index < -0.39 is 0 Å². The zero-order chi connectivity index (χ0) is 21.0. The van der Waals surface area contributed by atoms with Gasteiger partial charge in [-0.3, -0.25) is 14.1 Å². The number of amides is 1. The molecule has 1 fully saturated rings. The number of piperidine rings is 1. The van der Waals surface area contributed by atoms with Gasteiger partial charge >= 0.3 is 0 Å². The van der Waals surface area contributed by atoms with Crippen LogP contribution in [0.1, 0.15) is 36.9 Å². The minimum Gasteiger partial charge on any atom is -0.350 e. The number of pyridine rings is 1. The van der Waals surface area contributed by atoms with Gasteiger partial charge in [0.25, 0.3) is 5.91 Å². The summed E-state index contributed by atoms with van der Waals surface area (Å²) in [4.78, 5) is 20.7. The van der Waals surface area contributed by atoms with Crippen molar-refractivity contribution in [3.05, 3.63) is 70.9 Å². The van der Waals surface area contributed by atoms with Gasteiger partial charge < -0.3 is 5.32 Å². The SMILES string of the molecule is O=C(NCC1CCCCN1CCCc1ccccc1)C1=Cc2cnc3cccc(n23)S1. The molecule has 1 aromatic carbocycles. The summed E-state index contributed by atoms with van der Waals surface area (Å²) in [6.07, 6.45) is 9.71. The van der Waals surface area contributed by atoms with Gasteiger partial charge in [-0.15, -0.1) is 0 Å². The number of hydrogen-bond donors (Lipinski definition) is 1. The molecule has 5 nitrogen and oxygen atoms in total. The smallest absolute Gasteiger partial charge is 0.258 e. The highest BCUT2D eigenvalue weighted by Gasteiger charge is 2.24. The quantitative estimate of drug-likeness (QED) is 0.602. The van der Waals surface area contributed by atoms with Crippen molar-refractivity contribution in [1.29, 1.82) is 0 Å². The number of nitrogens with zero attached hydrogens (tertiary/aromatic N) is 3. The Bertz CT molecular complexity index is 1090. The molecule has 0 radical (unpaired) electrons. The standard InChI is InChI=1S/C25H28N4OS/c30-25(22-16-21-18-26-23-12-6-13-24(31-22)29(21)23)27-17-20-11-4-5-14-28(20)15-7-10-19-8-2-1-3-9-19/h1-3,6,8-9,12-13,16,18,20H,4-5,7,10-11,14-15,17H2,(H,27,30). The summed E-state index contributed by atoms with van der Waals surface area (Å²) < 4.78 is 2.09. The molecule has 2 aliphatic rings. The minimum atomic E-state index is 0.0178. The van der Waals surface area contributed by atoms with Crippen molar-refractivity contribution in [2.75, 3.05) is 19.6 Å². The van der Waals surface area contributed by atoms with E-state index in [2.05, 4.69) is 49.9 Å². The van der Waals surface area contributed by atoms with Gasteiger partial charge in [0.2, 0.25) is 0 Å². The zero-order valence-electron chi connectivity index (χ0n) is 17.7. The highest BCUT2D eigenvalue weighted by Crippen LogP contribution is 2.34. The van der Waals surface area contributed by atoms with Crippen molar-refractivity contribution in [2.45, 2.75) is 43.2 Å². The molecule has 1 atom stereocenters. The fraction of sp³-hybridized carbons (Fsp3) is 0.360. The van der Waals surface area contributed by atoms with Crippen molar-refractivity contribution in [3.8, 4) is 0 Å². The molecule has 0 bridgehead atoms. The van der Waals surface area contributed by atoms with Crippen LogP contribution in [-0.2, 0) is 11.2 Å². The third kappa shape index (κ3) is 4.55. The van der Waals surface area contributed by atoms with Gasteiger partial charge in [0, 0.05) is 12.6 Å². The Morgan fingerprint density at radius 2 is 2.03 bits per heavy atom. The Morgan fingerprint density at radius 3 is 2.94 bits per heavy atom. The van der Waals surface area contributed by atoms with Crippen LogP contribution in [-0.4, -0.2) is 45.9 Å². The Hall–Kier alpha value is -2.57. The fourth-order valence-corrected chi connectivity index (χ4v) is 5.62. The largest absolute Gasteiger partial charge is 0.350 e. The molecule has 4 heterocycles. The monoisotopic (exact) mass is 432 g/mol. The molecule has 0 spiro atoms. The third-order valence-corrected chi connectivity index (χ3v) is 7.29. The van der Waals surface area contributed by atoms with Crippen LogP contribution in [0, 0.1) is 0 Å². The molecule has 1 N–H and O–H groups in total. The number of rotatable bonds is 7. The summed E-state index contributed by atoms with van der Waals surface area (Å²) in [6.45, 7) is 2.94. The van der Waals surface area contributed by atoms with Crippen molar-refractivity contribution >= 4 is 29.4 Å². The van der Waals surface area contributed by atoms with Gasteiger partial charge in [-0.25, -0.2) is 4.98 Å². The highest BCUT2D eigenvalue weighted by atomic mass is 32.2. The number of thioether (sulfide) groups is 1. The number of carbonyl (C=O) groups is 1. The van der Waals surface area contributed by atoms with Crippen LogP contribution in [0.2, 0.25) is 0 Å². The minimum absolute atomic E-state index is 0.0178. The Morgan fingerprint density at radius 1 is 1.13 bits per heavy atom. The summed E-state index contributed by atoms with van der Waals surface area (Å²) in [7, 11) is 0. The lowest BCUT2D eigenvalue weighted by Crippen LogP contribution is -2.47. The second-order valence-corrected chi connectivity index (χ2v) is 9.40. The number of hydrogen-bond acceptors (Lipinski definition) is 4. The first-order valence-corrected chi connectivity index (χ1v) is 12.0. The van der Waals surface area contributed by atoms with Crippen molar-refractivity contribution in [2.24, 2.45) is 0 Å². The predicted octanol–water partition coefficient (Wildman–Crippen LogP) is 4.38. The van der Waals surface area contributed by atoms with Gasteiger partial charge in [0.1, 0.15) is 5.65 Å². The number of imidazole rings is 1. The third-order valence-electron chi connectivity index (χ3n) is 6.24. The van der Waals surface area contributed by atoms with E-state index in [1.54, 1.807) is 0 Å². The van der Waals surface area contributed by atoms with Crippen LogP contribution in [0.5, 0.6) is 0 Å². The molecule has 2 aliphatic heterocycles. The molecular weight excluding hydrogens is 404 g/mol. The van der Waals surface area contributed by atoms with E-state index in [1.807, 2.05) is 30.5 Å². The lowest BCUT2D eigenvalue weighted by atomic mass is 10.0. The molecule has 3 aromatic rings. The molecule has 6 heteroatoms. The van der Waals surface area contributed by atoms with E-state index in [4.69, 9.17) is 0 Å². The van der Waals surface area contributed by atoms with E-state index >= 15 is 0 Å². The first-order chi connectivity index (χ1) is 15.3. The lowest BCUT2D eigenvalue weighted by Gasteiger charge is -2.36. The van der Waals surface area contributed by atoms with Crippen LogP contribution >= 0.6 is 11.8 Å². The maximum Gasteiger partial charge on any atom is 0.258 e. The van der Waals surface area contributed by atoms with Crippen molar-refractivity contribution < 1.29 is 4.79 Å². The maximum absolute atomic E-state index is 12.9. The van der Waals surface area contributed by atoms with Gasteiger partial charge in [-0.05, 0) is 62.5 Å². The van der Waals surface area contributed by atoms with E-state index in [-0.39, 0.29) is 5.91 Å². The molecular formula is C25H28N4OS. The van der Waals surface area contributed by atoms with E-state index in [0.717, 1.165) is 53.6 Å². The summed E-state index contributed by atoms with van der Waals surface area (Å²) in [5.41, 5.74) is 3.29. The van der Waals surface area contributed by atoms with Crippen LogP contribution in [0.4, 0.5) is 0 Å². The van der Waals surface area contributed by atoms with E-state index in [0.29, 0.717) is 12.6 Å².